The minimum atomic E-state index is -0.820. The first-order valence-electron chi connectivity index (χ1n) is 8.17. The smallest absolute Gasteiger partial charge is 0.303 e. The Hall–Kier alpha value is -3.42. The Morgan fingerprint density at radius 1 is 1.31 bits per heavy atom. The highest BCUT2D eigenvalue weighted by Gasteiger charge is 2.18. The fourth-order valence-corrected chi connectivity index (χ4v) is 2.99. The summed E-state index contributed by atoms with van der Waals surface area (Å²) in [5, 5.41) is 11.9. The first-order valence-corrected chi connectivity index (χ1v) is 8.17. The van der Waals surface area contributed by atoms with Crippen molar-refractivity contribution in [3.05, 3.63) is 36.2 Å². The quantitative estimate of drug-likeness (QED) is 0.569. The van der Waals surface area contributed by atoms with Crippen LogP contribution in [-0.4, -0.2) is 37.6 Å². The van der Waals surface area contributed by atoms with Gasteiger partial charge < -0.3 is 19.4 Å². The van der Waals surface area contributed by atoms with Crippen LogP contribution in [0.2, 0.25) is 0 Å². The van der Waals surface area contributed by atoms with Crippen molar-refractivity contribution >= 4 is 34.1 Å². The molecule has 0 unspecified atom stereocenters. The second kappa shape index (κ2) is 6.14. The number of nitrogens with one attached hydrogen (secondary N) is 1. The maximum absolute atomic E-state index is 10.8. The van der Waals surface area contributed by atoms with E-state index in [1.807, 2.05) is 35.9 Å². The van der Waals surface area contributed by atoms with E-state index in [0.29, 0.717) is 29.4 Å². The number of pyridine rings is 1. The molecule has 3 aromatic heterocycles. The lowest BCUT2D eigenvalue weighted by atomic mass is 10.1. The van der Waals surface area contributed by atoms with Gasteiger partial charge in [-0.25, -0.2) is 9.97 Å². The van der Waals surface area contributed by atoms with Crippen LogP contribution in [0.3, 0.4) is 0 Å². The summed E-state index contributed by atoms with van der Waals surface area (Å²) >= 11 is 0. The molecule has 0 aliphatic carbocycles. The number of carboxylic acid groups (broad SMARTS) is 1. The standard InChI is InChI=1S/C18H17N5O3/c1-19-16-13-15(23(2)9-20-13)14-18(22-16)26-17(21-14)11-5-3-4-10(8-11)6-7-12(24)25/h3-5,8-9H,6-7H2,1-2H3,(H,19,22)(H,24,25). The molecule has 4 rings (SSSR count). The largest absolute Gasteiger partial charge is 0.481 e. The molecule has 0 spiro atoms. The summed E-state index contributed by atoms with van der Waals surface area (Å²) in [7, 11) is 3.68. The summed E-state index contributed by atoms with van der Waals surface area (Å²) < 4.78 is 7.77. The fourth-order valence-electron chi connectivity index (χ4n) is 2.99. The van der Waals surface area contributed by atoms with E-state index < -0.39 is 5.97 Å². The van der Waals surface area contributed by atoms with Crippen LogP contribution < -0.4 is 5.32 Å². The van der Waals surface area contributed by atoms with Crippen molar-refractivity contribution in [3.63, 3.8) is 0 Å². The van der Waals surface area contributed by atoms with Gasteiger partial charge in [0.1, 0.15) is 11.0 Å². The van der Waals surface area contributed by atoms with Crippen LogP contribution in [0.25, 0.3) is 33.7 Å². The number of carboxylic acids is 1. The molecular formula is C18H17N5O3. The first kappa shape index (κ1) is 16.1. The third kappa shape index (κ3) is 2.65. The molecule has 4 aromatic rings. The molecule has 8 nitrogen and oxygen atoms in total. The molecule has 0 fully saturated rings. The number of fused-ring (bicyclic) bond motifs is 3. The van der Waals surface area contributed by atoms with Crippen LogP contribution in [0.5, 0.6) is 0 Å². The van der Waals surface area contributed by atoms with E-state index in [1.165, 1.54) is 0 Å². The van der Waals surface area contributed by atoms with Crippen LogP contribution in [0.4, 0.5) is 5.82 Å². The van der Waals surface area contributed by atoms with Gasteiger partial charge in [-0.1, -0.05) is 12.1 Å². The number of anilines is 1. The van der Waals surface area contributed by atoms with Gasteiger partial charge in [-0.3, -0.25) is 4.79 Å². The Morgan fingerprint density at radius 2 is 2.15 bits per heavy atom. The SMILES string of the molecule is CNc1nc2oc(-c3cccc(CCC(=O)O)c3)nc2c2c1ncn2C. The molecule has 0 saturated heterocycles. The lowest BCUT2D eigenvalue weighted by molar-refractivity contribution is -0.136. The summed E-state index contributed by atoms with van der Waals surface area (Å²) in [5.41, 5.74) is 4.35. The van der Waals surface area contributed by atoms with Gasteiger partial charge in [0.15, 0.2) is 11.3 Å². The van der Waals surface area contributed by atoms with Crippen molar-refractivity contribution in [2.24, 2.45) is 7.05 Å². The third-order valence-corrected chi connectivity index (χ3v) is 4.25. The number of carbonyl (C=O) groups is 1. The highest BCUT2D eigenvalue weighted by molar-refractivity contribution is 6.03. The summed E-state index contributed by atoms with van der Waals surface area (Å²) in [6.45, 7) is 0. The molecule has 0 bridgehead atoms. The van der Waals surface area contributed by atoms with Crippen LogP contribution in [-0.2, 0) is 18.3 Å². The Kier molecular flexibility index (Phi) is 3.80. The van der Waals surface area contributed by atoms with E-state index in [4.69, 9.17) is 9.52 Å². The van der Waals surface area contributed by atoms with Gasteiger partial charge in [0.25, 0.3) is 5.71 Å². The van der Waals surface area contributed by atoms with Crippen LogP contribution in [0.15, 0.2) is 35.0 Å². The topological polar surface area (TPSA) is 106 Å². The molecule has 2 N–H and O–H groups in total. The van der Waals surface area contributed by atoms with Crippen LogP contribution >= 0.6 is 0 Å². The van der Waals surface area contributed by atoms with Crippen LogP contribution in [0, 0.1) is 0 Å². The molecule has 0 atom stereocenters. The zero-order valence-electron chi connectivity index (χ0n) is 14.4. The average Bonchev–Trinajstić information content (AvgIpc) is 3.23. The van der Waals surface area contributed by atoms with E-state index >= 15 is 0 Å². The molecule has 8 heteroatoms. The number of rotatable bonds is 5. The Morgan fingerprint density at radius 3 is 2.92 bits per heavy atom. The number of oxazole rings is 1. The Balaban J connectivity index is 1.83. The number of aromatic nitrogens is 4. The maximum atomic E-state index is 10.8. The van der Waals surface area contributed by atoms with Gasteiger partial charge in [-0.2, -0.15) is 4.98 Å². The third-order valence-electron chi connectivity index (χ3n) is 4.25. The normalized spacial score (nSPS) is 11.3. The highest BCUT2D eigenvalue weighted by atomic mass is 16.4. The van der Waals surface area contributed by atoms with E-state index in [1.54, 1.807) is 13.4 Å². The zero-order chi connectivity index (χ0) is 18.3. The maximum Gasteiger partial charge on any atom is 0.303 e. The number of hydrogen-bond acceptors (Lipinski definition) is 6. The molecule has 132 valence electrons. The number of nitrogens with zero attached hydrogens (tertiary/aromatic N) is 4. The van der Waals surface area contributed by atoms with Gasteiger partial charge in [0.05, 0.1) is 6.33 Å². The minimum Gasteiger partial charge on any atom is -0.481 e. The molecule has 3 heterocycles. The summed E-state index contributed by atoms with van der Waals surface area (Å²) in [4.78, 5) is 24.3. The summed E-state index contributed by atoms with van der Waals surface area (Å²) in [6.07, 6.45) is 2.25. The lowest BCUT2D eigenvalue weighted by Crippen LogP contribution is -1.97. The molecular weight excluding hydrogens is 334 g/mol. The second-order valence-corrected chi connectivity index (χ2v) is 6.03. The van der Waals surface area contributed by atoms with Crippen molar-refractivity contribution in [2.75, 3.05) is 12.4 Å². The van der Waals surface area contributed by atoms with Crippen molar-refractivity contribution in [1.29, 1.82) is 0 Å². The van der Waals surface area contributed by atoms with E-state index in [2.05, 4.69) is 20.3 Å². The number of benzene rings is 1. The Bertz CT molecular complexity index is 1130. The molecule has 0 aliphatic rings. The molecule has 0 saturated carbocycles. The first-order chi connectivity index (χ1) is 12.6. The van der Waals surface area contributed by atoms with Gasteiger partial charge >= 0.3 is 5.97 Å². The van der Waals surface area contributed by atoms with Crippen molar-refractivity contribution in [3.8, 4) is 11.5 Å². The lowest BCUT2D eigenvalue weighted by Gasteiger charge is -2.01. The Labute approximate surface area is 148 Å². The molecule has 0 amide bonds. The molecule has 1 aromatic carbocycles. The summed E-state index contributed by atoms with van der Waals surface area (Å²) in [5.74, 6) is 0.256. The molecule has 0 radical (unpaired) electrons. The number of aliphatic carboxylic acids is 1. The number of hydrogen-bond donors (Lipinski definition) is 2. The van der Waals surface area contributed by atoms with Crippen molar-refractivity contribution in [1.82, 2.24) is 19.5 Å². The van der Waals surface area contributed by atoms with Gasteiger partial charge in [-0.15, -0.1) is 0 Å². The number of imidazole rings is 1. The molecule has 26 heavy (non-hydrogen) atoms. The van der Waals surface area contributed by atoms with Gasteiger partial charge in [0.2, 0.25) is 5.89 Å². The monoisotopic (exact) mass is 351 g/mol. The van der Waals surface area contributed by atoms with Crippen LogP contribution in [0.1, 0.15) is 12.0 Å². The fraction of sp³-hybridized carbons (Fsp3) is 0.222. The second-order valence-electron chi connectivity index (χ2n) is 6.03. The van der Waals surface area contributed by atoms with E-state index in [9.17, 15) is 4.79 Å². The van der Waals surface area contributed by atoms with Gasteiger partial charge in [-0.05, 0) is 24.1 Å². The predicted octanol–water partition coefficient (Wildman–Crippen LogP) is 2.84. The summed E-state index contributed by atoms with van der Waals surface area (Å²) in [6, 6.07) is 7.54. The average molecular weight is 351 g/mol. The van der Waals surface area contributed by atoms with Gasteiger partial charge in [0, 0.05) is 26.1 Å². The predicted molar refractivity (Wildman–Crippen MR) is 97.0 cm³/mol. The van der Waals surface area contributed by atoms with Crippen molar-refractivity contribution in [2.45, 2.75) is 12.8 Å². The van der Waals surface area contributed by atoms with E-state index in [-0.39, 0.29) is 6.42 Å². The zero-order valence-corrected chi connectivity index (χ0v) is 14.4. The molecule has 0 aliphatic heterocycles. The highest BCUT2D eigenvalue weighted by Crippen LogP contribution is 2.31. The van der Waals surface area contributed by atoms with E-state index in [0.717, 1.165) is 22.2 Å². The number of aryl methyl sites for hydroxylation is 2. The minimum absolute atomic E-state index is 0.0831. The van der Waals surface area contributed by atoms with Crippen molar-refractivity contribution < 1.29 is 14.3 Å².